The van der Waals surface area contributed by atoms with E-state index in [0.717, 1.165) is 5.56 Å². The van der Waals surface area contributed by atoms with Crippen LogP contribution >= 0.6 is 11.6 Å². The fourth-order valence-electron chi connectivity index (χ4n) is 1.60. The molecule has 0 saturated carbocycles. The van der Waals surface area contributed by atoms with E-state index in [1.54, 1.807) is 20.0 Å². The minimum Gasteiger partial charge on any atom is -0.444 e. The first-order valence-electron chi connectivity index (χ1n) is 6.02. The zero-order valence-electron chi connectivity index (χ0n) is 11.2. The Hall–Kier alpha value is -2.14. The summed E-state index contributed by atoms with van der Waals surface area (Å²) in [6, 6.07) is 11.1. The monoisotopic (exact) mass is 291 g/mol. The molecule has 0 bridgehead atoms. The predicted molar refractivity (Wildman–Crippen MR) is 76.8 cm³/mol. The van der Waals surface area contributed by atoms with E-state index in [4.69, 9.17) is 16.3 Å². The molecule has 0 saturated heterocycles. The number of amides is 1. The van der Waals surface area contributed by atoms with Crippen molar-refractivity contribution in [3.05, 3.63) is 52.9 Å². The van der Waals surface area contributed by atoms with E-state index in [0.29, 0.717) is 11.5 Å². The summed E-state index contributed by atoms with van der Waals surface area (Å²) >= 11 is 5.77. The van der Waals surface area contributed by atoms with Crippen LogP contribution in [-0.2, 0) is 11.3 Å². The van der Waals surface area contributed by atoms with Crippen molar-refractivity contribution in [3.63, 3.8) is 0 Å². The summed E-state index contributed by atoms with van der Waals surface area (Å²) in [7, 11) is 1.57. The fraction of sp³-hybridized carbons (Fsp3) is 0.214. The van der Waals surface area contributed by atoms with Gasteiger partial charge in [0.05, 0.1) is 0 Å². The molecule has 0 aliphatic heterocycles. The maximum absolute atomic E-state index is 11.9. The van der Waals surface area contributed by atoms with Crippen LogP contribution in [0.2, 0.25) is 5.28 Å². The van der Waals surface area contributed by atoms with Crippen LogP contribution in [0.25, 0.3) is 0 Å². The SMILES string of the molecule is Cc1cc(N(C)C(=O)OCc2ccccc2)nc(Cl)n1. The highest BCUT2D eigenvalue weighted by atomic mass is 35.5. The molecule has 0 atom stereocenters. The van der Waals surface area contributed by atoms with Crippen molar-refractivity contribution >= 4 is 23.5 Å². The quantitative estimate of drug-likeness (QED) is 0.815. The second kappa shape index (κ2) is 6.34. The summed E-state index contributed by atoms with van der Waals surface area (Å²) < 4.78 is 5.21. The number of anilines is 1. The molecule has 5 nitrogen and oxygen atoms in total. The van der Waals surface area contributed by atoms with Crippen LogP contribution in [0.4, 0.5) is 10.6 Å². The minimum absolute atomic E-state index is 0.0997. The lowest BCUT2D eigenvalue weighted by Crippen LogP contribution is -2.28. The van der Waals surface area contributed by atoms with Crippen LogP contribution in [0.3, 0.4) is 0 Å². The molecule has 2 aromatic rings. The lowest BCUT2D eigenvalue weighted by atomic mass is 10.2. The van der Waals surface area contributed by atoms with Crippen molar-refractivity contribution in [2.45, 2.75) is 13.5 Å². The molecule has 0 aliphatic carbocycles. The summed E-state index contributed by atoms with van der Waals surface area (Å²) in [5.41, 5.74) is 1.61. The third-order valence-corrected chi connectivity index (χ3v) is 2.81. The van der Waals surface area contributed by atoms with Gasteiger partial charge in [0.15, 0.2) is 0 Å². The van der Waals surface area contributed by atoms with Gasteiger partial charge in [-0.15, -0.1) is 0 Å². The number of ether oxygens (including phenoxy) is 1. The van der Waals surface area contributed by atoms with E-state index in [1.165, 1.54) is 4.90 Å². The average molecular weight is 292 g/mol. The van der Waals surface area contributed by atoms with E-state index < -0.39 is 6.09 Å². The second-order valence-corrected chi connectivity index (χ2v) is 4.57. The van der Waals surface area contributed by atoms with Crippen LogP contribution in [0.1, 0.15) is 11.3 Å². The predicted octanol–water partition coefficient (Wildman–Crippen LogP) is 3.21. The van der Waals surface area contributed by atoms with Gasteiger partial charge in [-0.05, 0) is 24.1 Å². The molecular formula is C14H14ClN3O2. The Bertz CT molecular complexity index is 584. The number of hydrogen-bond donors (Lipinski definition) is 0. The van der Waals surface area contributed by atoms with Crippen molar-refractivity contribution in [2.75, 3.05) is 11.9 Å². The number of hydrogen-bond acceptors (Lipinski definition) is 4. The van der Waals surface area contributed by atoms with Crippen molar-refractivity contribution in [1.82, 2.24) is 9.97 Å². The smallest absolute Gasteiger partial charge is 0.415 e. The Labute approximate surface area is 122 Å². The van der Waals surface area contributed by atoms with E-state index in [-0.39, 0.29) is 11.9 Å². The molecular weight excluding hydrogens is 278 g/mol. The molecule has 0 aliphatic rings. The molecule has 2 rings (SSSR count). The third-order valence-electron chi connectivity index (χ3n) is 2.64. The van der Waals surface area contributed by atoms with Crippen LogP contribution in [0, 0.1) is 6.92 Å². The maximum Gasteiger partial charge on any atom is 0.415 e. The van der Waals surface area contributed by atoms with E-state index in [2.05, 4.69) is 9.97 Å². The Balaban J connectivity index is 2.01. The minimum atomic E-state index is -0.497. The van der Waals surface area contributed by atoms with Crippen LogP contribution in [-0.4, -0.2) is 23.1 Å². The van der Waals surface area contributed by atoms with Crippen LogP contribution in [0.15, 0.2) is 36.4 Å². The Morgan fingerprint density at radius 3 is 2.65 bits per heavy atom. The Morgan fingerprint density at radius 1 is 1.30 bits per heavy atom. The molecule has 104 valence electrons. The highest BCUT2D eigenvalue weighted by molar-refractivity contribution is 6.28. The number of rotatable bonds is 3. The topological polar surface area (TPSA) is 55.3 Å². The molecule has 0 fully saturated rings. The van der Waals surface area contributed by atoms with Gasteiger partial charge < -0.3 is 4.74 Å². The van der Waals surface area contributed by atoms with Gasteiger partial charge in [-0.2, -0.15) is 0 Å². The third kappa shape index (κ3) is 3.68. The molecule has 20 heavy (non-hydrogen) atoms. The molecule has 1 heterocycles. The number of benzene rings is 1. The second-order valence-electron chi connectivity index (χ2n) is 4.24. The largest absolute Gasteiger partial charge is 0.444 e. The van der Waals surface area contributed by atoms with Crippen molar-refractivity contribution in [2.24, 2.45) is 0 Å². The van der Waals surface area contributed by atoms with Crippen molar-refractivity contribution in [3.8, 4) is 0 Å². The zero-order chi connectivity index (χ0) is 14.5. The molecule has 1 aromatic heterocycles. The standard InChI is InChI=1S/C14H14ClN3O2/c1-10-8-12(17-13(15)16-10)18(2)14(19)20-9-11-6-4-3-5-7-11/h3-8H,9H2,1-2H3. The zero-order valence-corrected chi connectivity index (χ0v) is 12.0. The normalized spacial score (nSPS) is 10.2. The number of halogens is 1. The van der Waals surface area contributed by atoms with E-state index in [1.807, 2.05) is 30.3 Å². The van der Waals surface area contributed by atoms with Gasteiger partial charge in [0, 0.05) is 18.8 Å². The Morgan fingerprint density at radius 2 is 2.00 bits per heavy atom. The van der Waals surface area contributed by atoms with Gasteiger partial charge in [-0.1, -0.05) is 30.3 Å². The first-order chi connectivity index (χ1) is 9.56. The van der Waals surface area contributed by atoms with Crippen LogP contribution in [0.5, 0.6) is 0 Å². The number of carbonyl (C=O) groups excluding carboxylic acids is 1. The lowest BCUT2D eigenvalue weighted by molar-refractivity contribution is 0.148. The lowest BCUT2D eigenvalue weighted by Gasteiger charge is -2.16. The van der Waals surface area contributed by atoms with Gasteiger partial charge in [0.25, 0.3) is 0 Å². The molecule has 6 heteroatoms. The molecule has 1 amide bonds. The number of nitrogens with zero attached hydrogens (tertiary/aromatic N) is 3. The first kappa shape index (κ1) is 14.3. The van der Waals surface area contributed by atoms with Gasteiger partial charge in [0.1, 0.15) is 12.4 Å². The molecule has 0 N–H and O–H groups in total. The fourth-order valence-corrected chi connectivity index (χ4v) is 1.82. The summed E-state index contributed by atoms with van der Waals surface area (Å²) in [6.45, 7) is 1.99. The van der Waals surface area contributed by atoms with Crippen LogP contribution < -0.4 is 4.90 Å². The summed E-state index contributed by atoms with van der Waals surface area (Å²) in [4.78, 5) is 21.2. The molecule has 0 spiro atoms. The molecule has 0 unspecified atom stereocenters. The highest BCUT2D eigenvalue weighted by Gasteiger charge is 2.15. The van der Waals surface area contributed by atoms with Gasteiger partial charge in [0.2, 0.25) is 5.28 Å². The summed E-state index contributed by atoms with van der Waals surface area (Å²) in [5.74, 6) is 0.403. The maximum atomic E-state index is 11.9. The van der Waals surface area contributed by atoms with E-state index >= 15 is 0 Å². The number of carbonyl (C=O) groups is 1. The van der Waals surface area contributed by atoms with Crippen molar-refractivity contribution < 1.29 is 9.53 Å². The van der Waals surface area contributed by atoms with Crippen molar-refractivity contribution in [1.29, 1.82) is 0 Å². The number of aryl methyl sites for hydroxylation is 1. The highest BCUT2D eigenvalue weighted by Crippen LogP contribution is 2.15. The Kier molecular flexibility index (Phi) is 4.53. The average Bonchev–Trinajstić information content (AvgIpc) is 2.44. The summed E-state index contributed by atoms with van der Waals surface area (Å²) in [5, 5.41) is 0.0997. The molecule has 1 aromatic carbocycles. The van der Waals surface area contributed by atoms with E-state index in [9.17, 15) is 4.79 Å². The number of aromatic nitrogens is 2. The van der Waals surface area contributed by atoms with Gasteiger partial charge in [-0.3, -0.25) is 4.90 Å². The first-order valence-corrected chi connectivity index (χ1v) is 6.39. The van der Waals surface area contributed by atoms with Gasteiger partial charge in [-0.25, -0.2) is 14.8 Å². The summed E-state index contributed by atoms with van der Waals surface area (Å²) in [6.07, 6.45) is -0.497. The molecule has 0 radical (unpaired) electrons. The van der Waals surface area contributed by atoms with Gasteiger partial charge >= 0.3 is 6.09 Å².